The lowest BCUT2D eigenvalue weighted by Crippen LogP contribution is -2.30. The van der Waals surface area contributed by atoms with Gasteiger partial charge in [0.1, 0.15) is 28.2 Å². The first kappa shape index (κ1) is 20.7. The van der Waals surface area contributed by atoms with E-state index in [1.54, 1.807) is 27.7 Å². The monoisotopic (exact) mass is 411 g/mol. The second-order valence-electron chi connectivity index (χ2n) is 7.91. The van der Waals surface area contributed by atoms with Crippen molar-refractivity contribution < 1.29 is 14.3 Å². The van der Waals surface area contributed by atoms with Crippen LogP contribution in [0.15, 0.2) is 47.1 Å². The Hall–Kier alpha value is -3.04. The lowest BCUT2D eigenvalue weighted by atomic mass is 9.83. The molecule has 29 heavy (non-hydrogen) atoms. The first-order chi connectivity index (χ1) is 13.5. The summed E-state index contributed by atoms with van der Waals surface area (Å²) >= 11 is 6.53. The van der Waals surface area contributed by atoms with Crippen LogP contribution >= 0.6 is 11.6 Å². The first-order valence-corrected chi connectivity index (χ1v) is 9.48. The smallest absolute Gasteiger partial charge is 0.338 e. The minimum atomic E-state index is -0.839. The normalized spacial score (nSPS) is 17.2. The lowest BCUT2D eigenvalue weighted by molar-refractivity contribution is -0.150. The molecule has 7 heteroatoms. The molecule has 0 unspecified atom stereocenters. The topological polar surface area (TPSA) is 98.2 Å². The molecule has 2 N–H and O–H groups in total. The van der Waals surface area contributed by atoms with E-state index in [2.05, 4.69) is 11.1 Å². The number of halogens is 1. The second kappa shape index (κ2) is 7.41. The largest absolute Gasteiger partial charge is 0.456 e. The molecule has 0 spiro atoms. The number of aryl methyl sites for hydroxylation is 1. The predicted octanol–water partition coefficient (Wildman–Crippen LogP) is 4.62. The highest BCUT2D eigenvalue weighted by Crippen LogP contribution is 2.43. The number of rotatable bonds is 2. The number of para-hydroxylation sites is 1. The van der Waals surface area contributed by atoms with Crippen LogP contribution in [0.4, 0.5) is 0 Å². The van der Waals surface area contributed by atoms with Crippen LogP contribution in [0.3, 0.4) is 0 Å². The number of esters is 1. The van der Waals surface area contributed by atoms with E-state index in [0.717, 1.165) is 16.5 Å². The lowest BCUT2D eigenvalue weighted by Gasteiger charge is -2.29. The summed E-state index contributed by atoms with van der Waals surface area (Å²) in [6.07, 6.45) is 0. The van der Waals surface area contributed by atoms with Gasteiger partial charge in [0.25, 0.3) is 0 Å². The van der Waals surface area contributed by atoms with Crippen LogP contribution in [0.1, 0.15) is 44.7 Å². The maximum Gasteiger partial charge on any atom is 0.338 e. The zero-order valence-electron chi connectivity index (χ0n) is 17.0. The quantitative estimate of drug-likeness (QED) is 0.571. The van der Waals surface area contributed by atoms with Crippen molar-refractivity contribution in [2.45, 2.75) is 46.1 Å². The van der Waals surface area contributed by atoms with E-state index in [9.17, 15) is 10.1 Å². The third kappa shape index (κ3) is 3.92. The zero-order valence-corrected chi connectivity index (χ0v) is 17.7. The number of ether oxygens (including phenoxy) is 2. The van der Waals surface area contributed by atoms with Crippen LogP contribution in [0.5, 0.6) is 0 Å². The summed E-state index contributed by atoms with van der Waals surface area (Å²) in [6.45, 7) is 8.85. The molecule has 1 atom stereocenters. The van der Waals surface area contributed by atoms with Gasteiger partial charge in [0.15, 0.2) is 0 Å². The predicted molar refractivity (Wildman–Crippen MR) is 111 cm³/mol. The molecule has 6 nitrogen and oxygen atoms in total. The van der Waals surface area contributed by atoms with Crippen LogP contribution in [-0.2, 0) is 14.3 Å². The molecular formula is C22H22ClN3O3. The molecule has 0 bridgehead atoms. The highest BCUT2D eigenvalue weighted by molar-refractivity contribution is 6.31. The van der Waals surface area contributed by atoms with E-state index in [-0.39, 0.29) is 27.9 Å². The van der Waals surface area contributed by atoms with Gasteiger partial charge in [-0.2, -0.15) is 5.26 Å². The molecule has 0 saturated heterocycles. The fraction of sp³-hybridized carbons (Fsp3) is 0.318. The highest BCUT2D eigenvalue weighted by Gasteiger charge is 2.39. The molecule has 0 amide bonds. The van der Waals surface area contributed by atoms with Gasteiger partial charge in [0.2, 0.25) is 5.88 Å². The zero-order chi connectivity index (χ0) is 21.5. The first-order valence-electron chi connectivity index (χ1n) is 9.11. The number of pyridine rings is 1. The Morgan fingerprint density at radius 3 is 2.66 bits per heavy atom. The third-order valence-corrected chi connectivity index (χ3v) is 4.87. The van der Waals surface area contributed by atoms with Crippen LogP contribution in [-0.4, -0.2) is 16.6 Å². The molecule has 1 aliphatic rings. The van der Waals surface area contributed by atoms with Gasteiger partial charge in [-0.3, -0.25) is 0 Å². The number of carbonyl (C=O) groups is 1. The van der Waals surface area contributed by atoms with Gasteiger partial charge >= 0.3 is 5.97 Å². The standard InChI is InChI=1S/C22H22ClN3O3/c1-11-7-6-8-13-9-14(19(23)26-18(11)13)17-15(10-24)20(25)28-12(2)16(17)21(27)29-22(3,4)5/h6-9,17H,25H2,1-5H3/t17-/m0/s1. The Labute approximate surface area is 174 Å². The number of nitrogens with two attached hydrogens (primary N) is 1. The van der Waals surface area contributed by atoms with Gasteiger partial charge in [-0.05, 0) is 46.2 Å². The van der Waals surface area contributed by atoms with E-state index < -0.39 is 17.5 Å². The van der Waals surface area contributed by atoms with Gasteiger partial charge in [-0.25, -0.2) is 9.78 Å². The summed E-state index contributed by atoms with van der Waals surface area (Å²) in [5, 5.41) is 10.8. The third-order valence-electron chi connectivity index (χ3n) is 4.56. The number of aromatic nitrogens is 1. The second-order valence-corrected chi connectivity index (χ2v) is 8.27. The van der Waals surface area contributed by atoms with E-state index in [4.69, 9.17) is 26.8 Å². The molecular weight excluding hydrogens is 390 g/mol. The molecule has 0 saturated carbocycles. The number of hydrogen-bond acceptors (Lipinski definition) is 6. The molecule has 1 aromatic carbocycles. The maximum absolute atomic E-state index is 13.0. The van der Waals surface area contributed by atoms with Crippen LogP contribution in [0.25, 0.3) is 10.9 Å². The number of carbonyl (C=O) groups excluding carboxylic acids is 1. The summed E-state index contributed by atoms with van der Waals surface area (Å²) in [7, 11) is 0. The molecule has 2 aromatic rings. The van der Waals surface area contributed by atoms with Crippen LogP contribution < -0.4 is 5.73 Å². The number of hydrogen-bond donors (Lipinski definition) is 1. The molecule has 0 radical (unpaired) electrons. The molecule has 0 aliphatic carbocycles. The van der Waals surface area contributed by atoms with Crippen molar-refractivity contribution in [1.29, 1.82) is 5.26 Å². The maximum atomic E-state index is 13.0. The van der Waals surface area contributed by atoms with Crippen LogP contribution in [0.2, 0.25) is 5.15 Å². The van der Waals surface area contributed by atoms with Gasteiger partial charge in [0.05, 0.1) is 17.0 Å². The van der Waals surface area contributed by atoms with Crippen molar-refractivity contribution >= 4 is 28.5 Å². The number of nitrogens with zero attached hydrogens (tertiary/aromatic N) is 2. The van der Waals surface area contributed by atoms with E-state index in [1.165, 1.54) is 0 Å². The Morgan fingerprint density at radius 1 is 1.34 bits per heavy atom. The SMILES string of the molecule is CC1=C(C(=O)OC(C)(C)C)[C@@H](c2cc3cccc(C)c3nc2Cl)C(C#N)=C(N)O1. The summed E-state index contributed by atoms with van der Waals surface area (Å²) < 4.78 is 11.0. The molecule has 1 aromatic heterocycles. The van der Waals surface area contributed by atoms with Gasteiger partial charge < -0.3 is 15.2 Å². The molecule has 2 heterocycles. The fourth-order valence-electron chi connectivity index (χ4n) is 3.33. The average molecular weight is 412 g/mol. The Morgan fingerprint density at radius 2 is 2.03 bits per heavy atom. The summed E-state index contributed by atoms with van der Waals surface area (Å²) in [4.78, 5) is 17.5. The molecule has 0 fully saturated rings. The van der Waals surface area contributed by atoms with Gasteiger partial charge in [0, 0.05) is 10.9 Å². The summed E-state index contributed by atoms with van der Waals surface area (Å²) in [5.74, 6) is -1.24. The Balaban J connectivity index is 2.25. The summed E-state index contributed by atoms with van der Waals surface area (Å²) in [5.41, 5.74) is 7.73. The molecule has 150 valence electrons. The highest BCUT2D eigenvalue weighted by atomic mass is 35.5. The fourth-order valence-corrected chi connectivity index (χ4v) is 3.58. The Kier molecular flexibility index (Phi) is 5.29. The number of allylic oxidation sites excluding steroid dienone is 2. The average Bonchev–Trinajstić information content (AvgIpc) is 2.60. The van der Waals surface area contributed by atoms with Crippen LogP contribution in [0, 0.1) is 18.3 Å². The van der Waals surface area contributed by atoms with E-state index in [0.29, 0.717) is 5.56 Å². The van der Waals surface area contributed by atoms with Gasteiger partial charge in [-0.1, -0.05) is 29.8 Å². The molecule has 3 rings (SSSR count). The minimum absolute atomic E-state index is 0.0669. The molecule has 1 aliphatic heterocycles. The van der Waals surface area contributed by atoms with Crippen molar-refractivity contribution in [1.82, 2.24) is 4.98 Å². The number of benzene rings is 1. The van der Waals surface area contributed by atoms with Gasteiger partial charge in [-0.15, -0.1) is 0 Å². The van der Waals surface area contributed by atoms with E-state index in [1.807, 2.05) is 31.2 Å². The summed E-state index contributed by atoms with van der Waals surface area (Å²) in [6, 6.07) is 9.64. The Bertz CT molecular complexity index is 1120. The van der Waals surface area contributed by atoms with Crippen molar-refractivity contribution in [3.63, 3.8) is 0 Å². The van der Waals surface area contributed by atoms with E-state index >= 15 is 0 Å². The van der Waals surface area contributed by atoms with Crippen molar-refractivity contribution in [3.8, 4) is 6.07 Å². The van der Waals surface area contributed by atoms with Crippen molar-refractivity contribution in [3.05, 3.63) is 63.3 Å². The minimum Gasteiger partial charge on any atom is -0.456 e. The number of fused-ring (bicyclic) bond motifs is 1. The van der Waals surface area contributed by atoms with Crippen molar-refractivity contribution in [2.24, 2.45) is 5.73 Å². The van der Waals surface area contributed by atoms with Crippen molar-refractivity contribution in [2.75, 3.05) is 0 Å². The number of nitriles is 1.